The molecular weight excluding hydrogens is 380 g/mol. The Balaban J connectivity index is 2.35. The second-order valence-electron chi connectivity index (χ2n) is 11.0. The molecule has 1 unspecified atom stereocenters. The molecule has 0 aliphatic heterocycles. The van der Waals surface area contributed by atoms with Crippen molar-refractivity contribution in [1.82, 2.24) is 0 Å². The molecule has 0 aromatic carbocycles. The van der Waals surface area contributed by atoms with Crippen molar-refractivity contribution < 1.29 is 22.1 Å². The van der Waals surface area contributed by atoms with Crippen molar-refractivity contribution in [3.8, 4) is 0 Å². The first-order valence-corrected chi connectivity index (χ1v) is 14.9. The van der Waals surface area contributed by atoms with Crippen molar-refractivity contribution in [1.29, 1.82) is 0 Å². The van der Waals surface area contributed by atoms with Gasteiger partial charge >= 0.3 is 0 Å². The van der Waals surface area contributed by atoms with Gasteiger partial charge in [0.25, 0.3) is 10.1 Å². The van der Waals surface area contributed by atoms with Crippen molar-refractivity contribution in [3.63, 3.8) is 0 Å². The minimum Gasteiger partial charge on any atom is -0.413 e. The minimum atomic E-state index is -3.52. The highest BCUT2D eigenvalue weighted by Crippen LogP contribution is 2.58. The van der Waals surface area contributed by atoms with E-state index in [0.717, 1.165) is 19.1 Å². The van der Waals surface area contributed by atoms with E-state index < -0.39 is 24.0 Å². The predicted octanol–water partition coefficient (Wildman–Crippen LogP) is 4.32. The van der Waals surface area contributed by atoms with Crippen molar-refractivity contribution in [3.05, 3.63) is 0 Å². The molecule has 0 spiro atoms. The van der Waals surface area contributed by atoms with Crippen molar-refractivity contribution in [2.45, 2.75) is 103 Å². The maximum absolute atomic E-state index is 11.7. The SMILES string of the molecule is C[C@H]1C2[C@](C)(CC[C@@H]1OS(C)(=O)=O)[C@@H](O[Si](C)(C)C(C)(C)C)CC[C@@]2(C)O. The molecule has 1 N–H and O–H groups in total. The van der Waals surface area contributed by atoms with Crippen LogP contribution >= 0.6 is 0 Å². The third-order valence-corrected chi connectivity index (χ3v) is 12.7. The molecule has 27 heavy (non-hydrogen) atoms. The van der Waals surface area contributed by atoms with Gasteiger partial charge in [0, 0.05) is 5.92 Å². The lowest BCUT2D eigenvalue weighted by Gasteiger charge is -2.61. The molecule has 0 radical (unpaired) electrons. The number of aliphatic hydroxyl groups is 1. The van der Waals surface area contributed by atoms with Crippen LogP contribution in [0.15, 0.2) is 0 Å². The largest absolute Gasteiger partial charge is 0.413 e. The summed E-state index contributed by atoms with van der Waals surface area (Å²) in [6, 6.07) is 0. The van der Waals surface area contributed by atoms with E-state index in [2.05, 4.69) is 40.8 Å². The Bertz CT molecular complexity index is 652. The van der Waals surface area contributed by atoms with Gasteiger partial charge in [-0.15, -0.1) is 0 Å². The molecule has 2 aliphatic rings. The summed E-state index contributed by atoms with van der Waals surface area (Å²) in [5.41, 5.74) is -1.03. The van der Waals surface area contributed by atoms with Crippen LogP contribution < -0.4 is 0 Å². The fourth-order valence-electron chi connectivity index (χ4n) is 5.32. The Kier molecular flexibility index (Phi) is 6.12. The molecular formula is C20H40O5SSi. The highest BCUT2D eigenvalue weighted by Gasteiger charge is 2.60. The van der Waals surface area contributed by atoms with Gasteiger partial charge in [-0.05, 0) is 62.1 Å². The second-order valence-corrected chi connectivity index (χ2v) is 17.3. The van der Waals surface area contributed by atoms with Crippen molar-refractivity contribution >= 4 is 18.4 Å². The van der Waals surface area contributed by atoms with Crippen LogP contribution in [0.4, 0.5) is 0 Å². The van der Waals surface area contributed by atoms with Gasteiger partial charge in [0.05, 0.1) is 24.1 Å². The highest BCUT2D eigenvalue weighted by molar-refractivity contribution is 7.86. The molecule has 6 atom stereocenters. The molecule has 0 aromatic heterocycles. The van der Waals surface area contributed by atoms with E-state index in [1.807, 2.05) is 13.8 Å². The first-order valence-electron chi connectivity index (χ1n) is 10.2. The summed E-state index contributed by atoms with van der Waals surface area (Å²) < 4.78 is 35.7. The zero-order chi connectivity index (χ0) is 21.1. The summed E-state index contributed by atoms with van der Waals surface area (Å²) in [6.45, 7) is 17.5. The molecule has 0 saturated heterocycles. The van der Waals surface area contributed by atoms with Crippen LogP contribution in [0.1, 0.15) is 67.2 Å². The second kappa shape index (κ2) is 7.08. The zero-order valence-corrected chi connectivity index (χ0v) is 20.4. The van der Waals surface area contributed by atoms with Gasteiger partial charge in [-0.1, -0.05) is 34.6 Å². The molecule has 2 aliphatic carbocycles. The fraction of sp³-hybridized carbons (Fsp3) is 1.00. The van der Waals surface area contributed by atoms with Crippen LogP contribution in [0, 0.1) is 17.3 Å². The van der Waals surface area contributed by atoms with Crippen LogP contribution in [-0.4, -0.2) is 45.9 Å². The lowest BCUT2D eigenvalue weighted by molar-refractivity contribution is -0.196. The van der Waals surface area contributed by atoms with E-state index in [1.165, 1.54) is 0 Å². The standard InChI is InChI=1S/C20H40O5SSi/c1-14-15(24-26(7,22)23)10-12-19(5)16(11-13-20(6,21)17(14)19)25-27(8,9)18(2,3)4/h14-17,21H,10-13H2,1-9H3/t14-,15+,16+,17?,19-,20-/m1/s1. The summed E-state index contributed by atoms with van der Waals surface area (Å²) in [5, 5.41) is 11.4. The topological polar surface area (TPSA) is 72.8 Å². The number of rotatable bonds is 4. The molecule has 0 aromatic rings. The van der Waals surface area contributed by atoms with E-state index in [4.69, 9.17) is 8.61 Å². The van der Waals surface area contributed by atoms with Gasteiger partial charge in [0.15, 0.2) is 8.32 Å². The first-order chi connectivity index (χ1) is 11.9. The number of hydrogen-bond donors (Lipinski definition) is 1. The van der Waals surface area contributed by atoms with Gasteiger partial charge in [0.2, 0.25) is 0 Å². The molecule has 2 fully saturated rings. The Labute approximate surface area is 167 Å². The van der Waals surface area contributed by atoms with E-state index >= 15 is 0 Å². The van der Waals surface area contributed by atoms with Crippen LogP contribution in [0.3, 0.4) is 0 Å². The summed E-state index contributed by atoms with van der Waals surface area (Å²) in [4.78, 5) is 0. The van der Waals surface area contributed by atoms with Gasteiger partial charge in [-0.2, -0.15) is 8.42 Å². The van der Waals surface area contributed by atoms with E-state index in [1.54, 1.807) is 0 Å². The molecule has 0 bridgehead atoms. The van der Waals surface area contributed by atoms with Crippen LogP contribution in [0.25, 0.3) is 0 Å². The molecule has 5 nitrogen and oxygen atoms in total. The summed E-state index contributed by atoms with van der Waals surface area (Å²) in [7, 11) is -5.47. The maximum atomic E-state index is 11.7. The number of fused-ring (bicyclic) bond motifs is 1. The third-order valence-electron chi connectivity index (χ3n) is 7.65. The monoisotopic (exact) mass is 420 g/mol. The molecule has 7 heteroatoms. The Morgan fingerprint density at radius 3 is 2.15 bits per heavy atom. The van der Waals surface area contributed by atoms with Crippen LogP contribution in [0.5, 0.6) is 0 Å². The molecule has 0 amide bonds. The van der Waals surface area contributed by atoms with Gasteiger partial charge < -0.3 is 9.53 Å². The van der Waals surface area contributed by atoms with Crippen LogP contribution in [0.2, 0.25) is 18.1 Å². The number of hydrogen-bond acceptors (Lipinski definition) is 5. The zero-order valence-electron chi connectivity index (χ0n) is 18.6. The van der Waals surface area contributed by atoms with Gasteiger partial charge in [-0.25, -0.2) is 0 Å². The highest BCUT2D eigenvalue weighted by atomic mass is 32.2. The Morgan fingerprint density at radius 1 is 1.11 bits per heavy atom. The Morgan fingerprint density at radius 2 is 1.67 bits per heavy atom. The van der Waals surface area contributed by atoms with Crippen molar-refractivity contribution in [2.75, 3.05) is 6.26 Å². The Hall–Kier alpha value is 0.0469. The van der Waals surface area contributed by atoms with Crippen LogP contribution in [-0.2, 0) is 18.7 Å². The van der Waals surface area contributed by atoms with E-state index in [-0.39, 0.29) is 34.5 Å². The summed E-state index contributed by atoms with van der Waals surface area (Å²) >= 11 is 0. The lowest BCUT2D eigenvalue weighted by Crippen LogP contribution is -2.63. The molecule has 2 rings (SSSR count). The maximum Gasteiger partial charge on any atom is 0.264 e. The molecule has 2 saturated carbocycles. The first kappa shape index (κ1) is 23.3. The normalized spacial score (nSPS) is 41.3. The average Bonchev–Trinajstić information content (AvgIpc) is 2.43. The van der Waals surface area contributed by atoms with E-state index in [9.17, 15) is 13.5 Å². The quantitative estimate of drug-likeness (QED) is 0.542. The molecule has 160 valence electrons. The van der Waals surface area contributed by atoms with Gasteiger partial charge in [-0.3, -0.25) is 4.18 Å². The predicted molar refractivity (Wildman–Crippen MR) is 112 cm³/mol. The lowest BCUT2D eigenvalue weighted by atomic mass is 9.50. The third kappa shape index (κ3) is 4.63. The molecule has 0 heterocycles. The summed E-state index contributed by atoms with van der Waals surface area (Å²) in [6.07, 6.45) is 3.81. The minimum absolute atomic E-state index is 0.0562. The van der Waals surface area contributed by atoms with Crippen molar-refractivity contribution in [2.24, 2.45) is 17.3 Å². The average molecular weight is 421 g/mol. The van der Waals surface area contributed by atoms with Gasteiger partial charge in [0.1, 0.15) is 0 Å². The summed E-state index contributed by atoms with van der Waals surface area (Å²) in [5.74, 6) is -0.117. The fourth-order valence-corrected chi connectivity index (χ4v) is 7.49. The smallest absolute Gasteiger partial charge is 0.264 e. The van der Waals surface area contributed by atoms with E-state index in [0.29, 0.717) is 12.8 Å².